The molecule has 0 saturated carbocycles. The Morgan fingerprint density at radius 3 is 1.64 bits per heavy atom. The molecule has 4 rings (SSSR count). The highest BCUT2D eigenvalue weighted by Crippen LogP contribution is 2.43. The van der Waals surface area contributed by atoms with Crippen LogP contribution < -0.4 is 18.9 Å². The molecule has 2 aliphatic heterocycles. The summed E-state index contributed by atoms with van der Waals surface area (Å²) in [7, 11) is 0. The molecule has 5 heteroatoms. The summed E-state index contributed by atoms with van der Waals surface area (Å²) in [6.45, 7) is 1.99. The molecule has 0 radical (unpaired) electrons. The first-order chi connectivity index (χ1) is 10.8. The summed E-state index contributed by atoms with van der Waals surface area (Å²) in [5, 5.41) is 10.8. The molecule has 0 fully saturated rings. The van der Waals surface area contributed by atoms with Crippen molar-refractivity contribution in [3.63, 3.8) is 0 Å². The lowest BCUT2D eigenvalue weighted by atomic mass is 9.98. The Balaban J connectivity index is 1.78. The predicted octanol–water partition coefficient (Wildman–Crippen LogP) is 2.31. The summed E-state index contributed by atoms with van der Waals surface area (Å²) in [5.41, 5.74) is 1.33. The van der Waals surface area contributed by atoms with Crippen LogP contribution in [0.15, 0.2) is 36.4 Å². The van der Waals surface area contributed by atoms with Gasteiger partial charge in [0.2, 0.25) is 0 Å². The normalized spacial score (nSPS) is 15.7. The Morgan fingerprint density at radius 1 is 0.682 bits per heavy atom. The van der Waals surface area contributed by atoms with Gasteiger partial charge in [-0.3, -0.25) is 0 Å². The second-order valence-electron chi connectivity index (χ2n) is 5.15. The zero-order chi connectivity index (χ0) is 14.9. The smallest absolute Gasteiger partial charge is 0.167 e. The molecule has 0 spiro atoms. The van der Waals surface area contributed by atoms with E-state index in [9.17, 15) is 5.11 Å². The molecule has 0 aromatic heterocycles. The van der Waals surface area contributed by atoms with Gasteiger partial charge in [0.15, 0.2) is 23.0 Å². The van der Waals surface area contributed by atoms with Gasteiger partial charge in [-0.15, -0.1) is 0 Å². The van der Waals surface area contributed by atoms with Gasteiger partial charge in [0.1, 0.15) is 32.5 Å². The van der Waals surface area contributed by atoms with Crippen molar-refractivity contribution in [2.45, 2.75) is 6.10 Å². The van der Waals surface area contributed by atoms with Crippen LogP contribution in [0.1, 0.15) is 17.2 Å². The standard InChI is InChI=1S/C17H16O5/c18-15(11-3-1-5-13-16(11)21-9-7-19-13)12-4-2-6-14-17(12)22-10-8-20-14/h1-6,15,18H,7-10H2. The monoisotopic (exact) mass is 300 g/mol. The fourth-order valence-corrected chi connectivity index (χ4v) is 2.79. The second kappa shape index (κ2) is 5.42. The van der Waals surface area contributed by atoms with Gasteiger partial charge in [0, 0.05) is 11.1 Å². The molecule has 0 aliphatic carbocycles. The number of rotatable bonds is 2. The average molecular weight is 300 g/mol. The van der Waals surface area contributed by atoms with Gasteiger partial charge < -0.3 is 24.1 Å². The van der Waals surface area contributed by atoms with E-state index in [1.54, 1.807) is 0 Å². The maximum atomic E-state index is 10.8. The molecule has 2 aliphatic rings. The molecule has 0 amide bonds. The summed E-state index contributed by atoms with van der Waals surface area (Å²) < 4.78 is 22.5. The first-order valence-corrected chi connectivity index (χ1v) is 7.29. The summed E-state index contributed by atoms with van der Waals surface area (Å²) in [6.07, 6.45) is -0.867. The van der Waals surface area contributed by atoms with Crippen LogP contribution in [0.4, 0.5) is 0 Å². The third-order valence-electron chi connectivity index (χ3n) is 3.78. The van der Waals surface area contributed by atoms with Gasteiger partial charge in [-0.1, -0.05) is 24.3 Å². The molecule has 22 heavy (non-hydrogen) atoms. The lowest BCUT2D eigenvalue weighted by molar-refractivity contribution is 0.148. The van der Waals surface area contributed by atoms with Gasteiger partial charge in [-0.05, 0) is 12.1 Å². The second-order valence-corrected chi connectivity index (χ2v) is 5.15. The number of hydrogen-bond acceptors (Lipinski definition) is 5. The van der Waals surface area contributed by atoms with Crippen LogP contribution in [0.3, 0.4) is 0 Å². The van der Waals surface area contributed by atoms with E-state index in [0.717, 1.165) is 0 Å². The predicted molar refractivity (Wildman–Crippen MR) is 78.9 cm³/mol. The molecular formula is C17H16O5. The fraction of sp³-hybridized carbons (Fsp3) is 0.294. The van der Waals surface area contributed by atoms with Crippen LogP contribution in [0.5, 0.6) is 23.0 Å². The lowest BCUT2D eigenvalue weighted by Crippen LogP contribution is -2.19. The Bertz CT molecular complexity index is 638. The van der Waals surface area contributed by atoms with Crippen LogP contribution in [0, 0.1) is 0 Å². The Kier molecular flexibility index (Phi) is 3.27. The van der Waals surface area contributed by atoms with E-state index in [1.807, 2.05) is 36.4 Å². The summed E-state index contributed by atoms with van der Waals surface area (Å²) >= 11 is 0. The minimum absolute atomic E-state index is 0.475. The molecule has 0 atom stereocenters. The molecule has 5 nitrogen and oxygen atoms in total. The molecular weight excluding hydrogens is 284 g/mol. The van der Waals surface area contributed by atoms with Crippen LogP contribution in [0.25, 0.3) is 0 Å². The van der Waals surface area contributed by atoms with Crippen molar-refractivity contribution in [3.8, 4) is 23.0 Å². The molecule has 2 aromatic rings. The zero-order valence-electron chi connectivity index (χ0n) is 12.0. The molecule has 2 aromatic carbocycles. The number of para-hydroxylation sites is 2. The van der Waals surface area contributed by atoms with Crippen molar-refractivity contribution in [1.82, 2.24) is 0 Å². The molecule has 0 saturated heterocycles. The van der Waals surface area contributed by atoms with Gasteiger partial charge in [-0.25, -0.2) is 0 Å². The van der Waals surface area contributed by atoms with E-state index in [4.69, 9.17) is 18.9 Å². The van der Waals surface area contributed by atoms with E-state index in [-0.39, 0.29) is 0 Å². The molecule has 0 bridgehead atoms. The number of aliphatic hydroxyl groups is 1. The van der Waals surface area contributed by atoms with Crippen molar-refractivity contribution in [1.29, 1.82) is 0 Å². The maximum Gasteiger partial charge on any atom is 0.167 e. The van der Waals surface area contributed by atoms with Gasteiger partial charge >= 0.3 is 0 Å². The molecule has 114 valence electrons. The van der Waals surface area contributed by atoms with Crippen LogP contribution >= 0.6 is 0 Å². The number of fused-ring (bicyclic) bond motifs is 2. The zero-order valence-corrected chi connectivity index (χ0v) is 12.0. The van der Waals surface area contributed by atoms with E-state index in [0.29, 0.717) is 60.6 Å². The summed E-state index contributed by atoms with van der Waals surface area (Å²) in [4.78, 5) is 0. The Hall–Kier alpha value is -2.40. The maximum absolute atomic E-state index is 10.8. The van der Waals surface area contributed by atoms with Crippen molar-refractivity contribution >= 4 is 0 Å². The molecule has 2 heterocycles. The number of aliphatic hydroxyl groups excluding tert-OH is 1. The highest BCUT2D eigenvalue weighted by molar-refractivity contribution is 5.55. The third-order valence-corrected chi connectivity index (χ3v) is 3.78. The Morgan fingerprint density at radius 2 is 1.14 bits per heavy atom. The van der Waals surface area contributed by atoms with Crippen LogP contribution in [0.2, 0.25) is 0 Å². The Labute approximate surface area is 128 Å². The van der Waals surface area contributed by atoms with Crippen molar-refractivity contribution in [2.24, 2.45) is 0 Å². The molecule has 1 N–H and O–H groups in total. The lowest BCUT2D eigenvalue weighted by Gasteiger charge is -2.26. The first kappa shape index (κ1) is 13.3. The van der Waals surface area contributed by atoms with E-state index in [2.05, 4.69) is 0 Å². The van der Waals surface area contributed by atoms with Gasteiger partial charge in [0.05, 0.1) is 0 Å². The number of ether oxygens (including phenoxy) is 4. The van der Waals surface area contributed by atoms with Crippen molar-refractivity contribution < 1.29 is 24.1 Å². The van der Waals surface area contributed by atoms with Gasteiger partial charge in [-0.2, -0.15) is 0 Å². The van der Waals surface area contributed by atoms with Crippen molar-refractivity contribution in [2.75, 3.05) is 26.4 Å². The average Bonchev–Trinajstić information content (AvgIpc) is 2.60. The molecule has 0 unspecified atom stereocenters. The van der Waals surface area contributed by atoms with E-state index < -0.39 is 6.10 Å². The quantitative estimate of drug-likeness (QED) is 0.922. The highest BCUT2D eigenvalue weighted by Gasteiger charge is 2.26. The fourth-order valence-electron chi connectivity index (χ4n) is 2.79. The first-order valence-electron chi connectivity index (χ1n) is 7.29. The summed E-state index contributed by atoms with van der Waals surface area (Å²) in [5.74, 6) is 2.50. The van der Waals surface area contributed by atoms with Gasteiger partial charge in [0.25, 0.3) is 0 Å². The van der Waals surface area contributed by atoms with E-state index >= 15 is 0 Å². The van der Waals surface area contributed by atoms with E-state index in [1.165, 1.54) is 0 Å². The highest BCUT2D eigenvalue weighted by atomic mass is 16.6. The largest absolute Gasteiger partial charge is 0.486 e. The minimum atomic E-state index is -0.867. The van der Waals surface area contributed by atoms with Crippen LogP contribution in [-0.2, 0) is 0 Å². The minimum Gasteiger partial charge on any atom is -0.486 e. The SMILES string of the molecule is OC(c1cccc2c1OCCO2)c1cccc2c1OCCO2. The summed E-state index contributed by atoms with van der Waals surface area (Å²) in [6, 6.07) is 11.0. The number of benzene rings is 2. The number of hydrogen-bond donors (Lipinski definition) is 1. The van der Waals surface area contributed by atoms with Crippen LogP contribution in [-0.4, -0.2) is 31.5 Å². The van der Waals surface area contributed by atoms with Crippen molar-refractivity contribution in [3.05, 3.63) is 47.5 Å². The topological polar surface area (TPSA) is 57.2 Å². The third kappa shape index (κ3) is 2.14.